The Hall–Kier alpha value is -1.93. The van der Waals surface area contributed by atoms with Crippen molar-refractivity contribution in [3.05, 3.63) is 0 Å². The van der Waals surface area contributed by atoms with Crippen LogP contribution in [-0.4, -0.2) is 99.6 Å². The molecule has 12 nitrogen and oxygen atoms in total. The fourth-order valence-electron chi connectivity index (χ4n) is 1.95. The van der Waals surface area contributed by atoms with Crippen LogP contribution in [0.5, 0.6) is 0 Å². The first-order valence-electron chi connectivity index (χ1n) is 8.37. The topological polar surface area (TPSA) is 211 Å². The molecular weight excluding hydrogens is 396 g/mol. The molecule has 0 saturated carbocycles. The van der Waals surface area contributed by atoms with Crippen LogP contribution in [0.2, 0.25) is 0 Å². The third-order valence-electron chi connectivity index (χ3n) is 3.65. The van der Waals surface area contributed by atoms with Crippen molar-refractivity contribution in [3.63, 3.8) is 0 Å². The molecule has 28 heavy (non-hydrogen) atoms. The maximum atomic E-state index is 12.3. The molecule has 0 saturated heterocycles. The molecule has 5 atom stereocenters. The summed E-state index contributed by atoms with van der Waals surface area (Å²) < 4.78 is 0. The van der Waals surface area contributed by atoms with Crippen LogP contribution in [0.1, 0.15) is 13.3 Å². The first kappa shape index (κ1) is 26.1. The molecule has 0 bridgehead atoms. The van der Waals surface area contributed by atoms with Gasteiger partial charge >= 0.3 is 5.97 Å². The highest BCUT2D eigenvalue weighted by molar-refractivity contribution is 7.98. The third kappa shape index (κ3) is 8.84. The van der Waals surface area contributed by atoms with E-state index in [1.165, 1.54) is 18.7 Å². The van der Waals surface area contributed by atoms with Gasteiger partial charge in [-0.05, 0) is 25.4 Å². The van der Waals surface area contributed by atoms with Gasteiger partial charge in [0, 0.05) is 0 Å². The molecule has 0 heterocycles. The molecule has 9 N–H and O–H groups in total. The Kier molecular flexibility index (Phi) is 12.4. The van der Waals surface area contributed by atoms with Crippen LogP contribution in [0, 0.1) is 0 Å². The van der Waals surface area contributed by atoms with Crippen LogP contribution in [-0.2, 0) is 19.2 Å². The van der Waals surface area contributed by atoms with Gasteiger partial charge in [0.25, 0.3) is 0 Å². The van der Waals surface area contributed by atoms with Crippen LogP contribution in [0.15, 0.2) is 0 Å². The molecule has 0 aliphatic heterocycles. The molecule has 0 fully saturated rings. The molecule has 0 spiro atoms. The van der Waals surface area contributed by atoms with Gasteiger partial charge in [0.05, 0.1) is 25.4 Å². The number of carbonyl (C=O) groups excluding carboxylic acids is 3. The van der Waals surface area contributed by atoms with Crippen molar-refractivity contribution in [2.75, 3.05) is 25.2 Å². The smallest absolute Gasteiger partial charge is 0.328 e. The van der Waals surface area contributed by atoms with E-state index in [9.17, 15) is 29.4 Å². The number of amides is 3. The Bertz CT molecular complexity index is 548. The molecule has 0 radical (unpaired) electrons. The minimum Gasteiger partial charge on any atom is -0.480 e. The van der Waals surface area contributed by atoms with Gasteiger partial charge in [-0.15, -0.1) is 0 Å². The van der Waals surface area contributed by atoms with Crippen molar-refractivity contribution in [3.8, 4) is 0 Å². The van der Waals surface area contributed by atoms with Gasteiger partial charge in [-0.1, -0.05) is 0 Å². The van der Waals surface area contributed by atoms with E-state index in [1.807, 2.05) is 11.6 Å². The lowest BCUT2D eigenvalue weighted by Crippen LogP contribution is -2.60. The second-order valence-electron chi connectivity index (χ2n) is 5.94. The highest BCUT2D eigenvalue weighted by Gasteiger charge is 2.32. The molecule has 0 aromatic heterocycles. The predicted octanol–water partition coefficient (Wildman–Crippen LogP) is -4.03. The number of hydrogen-bond acceptors (Lipinski definition) is 9. The van der Waals surface area contributed by atoms with Crippen molar-refractivity contribution in [2.24, 2.45) is 5.73 Å². The lowest BCUT2D eigenvalue weighted by Gasteiger charge is -2.25. The predicted molar refractivity (Wildman–Crippen MR) is 100 cm³/mol. The summed E-state index contributed by atoms with van der Waals surface area (Å²) in [5, 5.41) is 43.2. The summed E-state index contributed by atoms with van der Waals surface area (Å²) in [6.07, 6.45) is 0.751. The van der Waals surface area contributed by atoms with E-state index in [-0.39, 0.29) is 0 Å². The summed E-state index contributed by atoms with van der Waals surface area (Å²) in [6.45, 7) is -0.524. The summed E-state index contributed by atoms with van der Waals surface area (Å²) >= 11 is 1.48. The number of rotatable bonds is 13. The van der Waals surface area contributed by atoms with Crippen molar-refractivity contribution < 1.29 is 39.6 Å². The summed E-state index contributed by atoms with van der Waals surface area (Å²) in [6, 6.07) is -5.55. The number of aliphatic hydroxyl groups is 3. The Balaban J connectivity index is 5.02. The van der Waals surface area contributed by atoms with Crippen LogP contribution < -0.4 is 21.7 Å². The summed E-state index contributed by atoms with van der Waals surface area (Å²) in [4.78, 5) is 47.2. The quantitative estimate of drug-likeness (QED) is 0.143. The van der Waals surface area contributed by atoms with Crippen molar-refractivity contribution >= 4 is 35.5 Å². The SMILES string of the molecule is CSCCC(N)C(=O)NC(CO)C(=O)NC(C(=O)NC(CO)C(=O)O)C(C)O. The van der Waals surface area contributed by atoms with Gasteiger partial charge in [-0.25, -0.2) is 4.79 Å². The van der Waals surface area contributed by atoms with Crippen LogP contribution in [0.25, 0.3) is 0 Å². The maximum absolute atomic E-state index is 12.3. The summed E-state index contributed by atoms with van der Waals surface area (Å²) in [5.74, 6) is -3.61. The molecule has 162 valence electrons. The molecular formula is C15H28N4O8S. The third-order valence-corrected chi connectivity index (χ3v) is 4.29. The number of carboxylic acids is 1. The fraction of sp³-hybridized carbons (Fsp3) is 0.733. The fourth-order valence-corrected chi connectivity index (χ4v) is 2.44. The van der Waals surface area contributed by atoms with Crippen LogP contribution >= 0.6 is 11.8 Å². The summed E-state index contributed by atoms with van der Waals surface area (Å²) in [7, 11) is 0. The normalized spacial score (nSPS) is 16.2. The maximum Gasteiger partial charge on any atom is 0.328 e. The van der Waals surface area contributed by atoms with Gasteiger partial charge in [-0.2, -0.15) is 11.8 Å². The molecule has 0 aliphatic carbocycles. The van der Waals surface area contributed by atoms with Crippen LogP contribution in [0.4, 0.5) is 0 Å². The van der Waals surface area contributed by atoms with E-state index in [2.05, 4.69) is 10.6 Å². The average Bonchev–Trinajstić information content (AvgIpc) is 2.64. The molecule has 3 amide bonds. The Morgan fingerprint density at radius 1 is 0.964 bits per heavy atom. The van der Waals surface area contributed by atoms with E-state index in [1.54, 1.807) is 0 Å². The second-order valence-corrected chi connectivity index (χ2v) is 6.93. The van der Waals surface area contributed by atoms with Crippen molar-refractivity contribution in [1.82, 2.24) is 16.0 Å². The molecule has 0 rings (SSSR count). The number of nitrogens with one attached hydrogen (secondary N) is 3. The lowest BCUT2D eigenvalue weighted by molar-refractivity contribution is -0.144. The van der Waals surface area contributed by atoms with E-state index in [0.29, 0.717) is 12.2 Å². The zero-order valence-corrected chi connectivity index (χ0v) is 16.4. The molecule has 0 aromatic carbocycles. The standard InChI is InChI=1S/C15H28N4O8S/c1-7(22)11(14(25)18-10(6-21)15(26)27)19-13(24)9(5-20)17-12(23)8(16)3-4-28-2/h7-11,20-22H,3-6,16H2,1-2H3,(H,17,23)(H,18,25)(H,19,24)(H,26,27). The average molecular weight is 424 g/mol. The first-order chi connectivity index (χ1) is 13.1. The van der Waals surface area contributed by atoms with Gasteiger partial charge in [-0.3, -0.25) is 14.4 Å². The number of carboxylic acid groups (broad SMARTS) is 1. The number of thioether (sulfide) groups is 1. The minimum absolute atomic E-state index is 0.350. The van der Waals surface area contributed by atoms with Gasteiger partial charge in [0.2, 0.25) is 17.7 Å². The van der Waals surface area contributed by atoms with Crippen LogP contribution in [0.3, 0.4) is 0 Å². The molecule has 13 heteroatoms. The minimum atomic E-state index is -1.63. The Morgan fingerprint density at radius 3 is 1.93 bits per heavy atom. The largest absolute Gasteiger partial charge is 0.480 e. The van der Waals surface area contributed by atoms with E-state index < -0.39 is 67.2 Å². The van der Waals surface area contributed by atoms with E-state index >= 15 is 0 Å². The highest BCUT2D eigenvalue weighted by atomic mass is 32.2. The monoisotopic (exact) mass is 424 g/mol. The molecule has 0 aromatic rings. The first-order valence-corrected chi connectivity index (χ1v) is 9.76. The lowest BCUT2D eigenvalue weighted by atomic mass is 10.1. The zero-order chi connectivity index (χ0) is 21.9. The second kappa shape index (κ2) is 13.3. The Labute approximate surface area is 166 Å². The van der Waals surface area contributed by atoms with E-state index in [4.69, 9.17) is 15.9 Å². The van der Waals surface area contributed by atoms with Crippen molar-refractivity contribution in [1.29, 1.82) is 0 Å². The zero-order valence-electron chi connectivity index (χ0n) is 15.6. The molecule has 0 aliphatic rings. The summed E-state index contributed by atoms with van der Waals surface area (Å²) in [5.41, 5.74) is 5.68. The number of nitrogens with two attached hydrogens (primary N) is 1. The molecule has 5 unspecified atom stereocenters. The Morgan fingerprint density at radius 2 is 1.50 bits per heavy atom. The van der Waals surface area contributed by atoms with Crippen molar-refractivity contribution in [2.45, 2.75) is 43.6 Å². The number of carbonyl (C=O) groups is 4. The number of aliphatic carboxylic acids is 1. The highest BCUT2D eigenvalue weighted by Crippen LogP contribution is 2.00. The number of hydrogen-bond donors (Lipinski definition) is 8. The number of aliphatic hydroxyl groups excluding tert-OH is 3. The van der Waals surface area contributed by atoms with Gasteiger partial charge in [0.1, 0.15) is 18.1 Å². The van der Waals surface area contributed by atoms with Gasteiger partial charge in [0.15, 0.2) is 0 Å². The van der Waals surface area contributed by atoms with E-state index in [0.717, 1.165) is 0 Å². The van der Waals surface area contributed by atoms with Gasteiger partial charge < -0.3 is 42.1 Å².